The van der Waals surface area contributed by atoms with Gasteiger partial charge in [-0.05, 0) is 31.5 Å². The molecule has 6 nitrogen and oxygen atoms in total. The molecule has 2 aromatic heterocycles. The number of carbonyl (C=O) groups is 1. The van der Waals surface area contributed by atoms with E-state index in [1.54, 1.807) is 6.20 Å². The molecular formula is C17H22N4O2. The lowest BCUT2D eigenvalue weighted by Crippen LogP contribution is -2.36. The summed E-state index contributed by atoms with van der Waals surface area (Å²) < 4.78 is 7.21. The lowest BCUT2D eigenvalue weighted by atomic mass is 10.1. The fraction of sp³-hybridized carbons (Fsp3) is 0.471. The molecule has 0 aliphatic carbocycles. The summed E-state index contributed by atoms with van der Waals surface area (Å²) in [5.41, 5.74) is 2.86. The van der Waals surface area contributed by atoms with Crippen molar-refractivity contribution < 1.29 is 9.53 Å². The molecule has 0 bridgehead atoms. The molecule has 1 saturated heterocycles. The summed E-state index contributed by atoms with van der Waals surface area (Å²) in [6.07, 6.45) is 2.55. The lowest BCUT2D eigenvalue weighted by molar-refractivity contribution is -0.137. The quantitative estimate of drug-likeness (QED) is 0.842. The van der Waals surface area contributed by atoms with Crippen LogP contribution < -0.4 is 0 Å². The third kappa shape index (κ3) is 3.76. The van der Waals surface area contributed by atoms with Crippen molar-refractivity contribution in [3.05, 3.63) is 47.5 Å². The van der Waals surface area contributed by atoms with E-state index in [0.717, 1.165) is 23.5 Å². The van der Waals surface area contributed by atoms with Crippen molar-refractivity contribution in [3.8, 4) is 0 Å². The zero-order valence-electron chi connectivity index (χ0n) is 13.6. The summed E-state index contributed by atoms with van der Waals surface area (Å²) >= 11 is 0. The van der Waals surface area contributed by atoms with Crippen molar-refractivity contribution in [1.29, 1.82) is 0 Å². The molecule has 3 rings (SSSR count). The van der Waals surface area contributed by atoms with E-state index >= 15 is 0 Å². The molecule has 3 heterocycles. The Morgan fingerprint density at radius 1 is 1.43 bits per heavy atom. The van der Waals surface area contributed by atoms with Gasteiger partial charge in [-0.2, -0.15) is 5.10 Å². The number of pyridine rings is 1. The van der Waals surface area contributed by atoms with E-state index in [1.807, 2.05) is 47.8 Å². The first-order valence-corrected chi connectivity index (χ1v) is 7.89. The Morgan fingerprint density at radius 3 is 2.91 bits per heavy atom. The largest absolute Gasteiger partial charge is 0.381 e. The van der Waals surface area contributed by atoms with Crippen molar-refractivity contribution in [2.24, 2.45) is 13.0 Å². The Kier molecular flexibility index (Phi) is 4.71. The summed E-state index contributed by atoms with van der Waals surface area (Å²) in [6, 6.07) is 7.78. The van der Waals surface area contributed by atoms with E-state index in [9.17, 15) is 4.79 Å². The van der Waals surface area contributed by atoms with Gasteiger partial charge in [-0.1, -0.05) is 6.07 Å². The van der Waals surface area contributed by atoms with E-state index in [2.05, 4.69) is 10.1 Å². The fourth-order valence-electron chi connectivity index (χ4n) is 2.89. The van der Waals surface area contributed by atoms with Gasteiger partial charge in [0.15, 0.2) is 0 Å². The highest BCUT2D eigenvalue weighted by molar-refractivity contribution is 5.79. The summed E-state index contributed by atoms with van der Waals surface area (Å²) in [5, 5.41) is 4.37. The van der Waals surface area contributed by atoms with Crippen molar-refractivity contribution in [3.63, 3.8) is 0 Å². The molecule has 0 saturated carbocycles. The minimum Gasteiger partial charge on any atom is -0.381 e. The molecule has 1 aliphatic rings. The second-order valence-corrected chi connectivity index (χ2v) is 5.98. The number of hydrogen-bond donors (Lipinski definition) is 0. The predicted molar refractivity (Wildman–Crippen MR) is 85.4 cm³/mol. The van der Waals surface area contributed by atoms with Gasteiger partial charge in [-0.25, -0.2) is 0 Å². The van der Waals surface area contributed by atoms with E-state index in [1.165, 1.54) is 0 Å². The molecule has 0 spiro atoms. The van der Waals surface area contributed by atoms with Crippen LogP contribution in [0.25, 0.3) is 0 Å². The first kappa shape index (κ1) is 15.7. The van der Waals surface area contributed by atoms with Crippen LogP contribution in [0.5, 0.6) is 0 Å². The van der Waals surface area contributed by atoms with Gasteiger partial charge in [0, 0.05) is 19.9 Å². The zero-order chi connectivity index (χ0) is 16.2. The molecular weight excluding hydrogens is 292 g/mol. The minimum atomic E-state index is -0.0481. The average molecular weight is 314 g/mol. The Hall–Kier alpha value is -2.21. The highest BCUT2D eigenvalue weighted by Crippen LogP contribution is 2.19. The van der Waals surface area contributed by atoms with Gasteiger partial charge in [0.25, 0.3) is 0 Å². The molecule has 1 fully saturated rings. The van der Waals surface area contributed by atoms with Gasteiger partial charge in [-0.15, -0.1) is 0 Å². The van der Waals surface area contributed by atoms with E-state index < -0.39 is 0 Å². The molecule has 0 N–H and O–H groups in total. The second kappa shape index (κ2) is 6.91. The first-order chi connectivity index (χ1) is 11.1. The predicted octanol–water partition coefficient (Wildman–Crippen LogP) is 1.69. The molecule has 1 aliphatic heterocycles. The molecule has 2 aromatic rings. The van der Waals surface area contributed by atoms with Crippen LogP contribution in [0.4, 0.5) is 0 Å². The number of nitrogens with zero attached hydrogens (tertiary/aromatic N) is 4. The van der Waals surface area contributed by atoms with E-state index in [-0.39, 0.29) is 11.8 Å². The van der Waals surface area contributed by atoms with E-state index in [4.69, 9.17) is 4.74 Å². The molecule has 23 heavy (non-hydrogen) atoms. The fourth-order valence-corrected chi connectivity index (χ4v) is 2.89. The van der Waals surface area contributed by atoms with E-state index in [0.29, 0.717) is 26.3 Å². The highest BCUT2D eigenvalue weighted by atomic mass is 16.5. The maximum absolute atomic E-state index is 12.9. The maximum atomic E-state index is 12.9. The zero-order valence-corrected chi connectivity index (χ0v) is 13.6. The standard InChI is InChI=1S/C17H22N4O2/c1-13-9-16(20(2)19-13)11-21(10-15-5-3-4-7-18-15)17(22)14-6-8-23-12-14/h3-5,7,9,14H,6,8,10-12H2,1-2H3/t14-/m1/s1. The van der Waals surface area contributed by atoms with Crippen molar-refractivity contribution in [2.45, 2.75) is 26.4 Å². The minimum absolute atomic E-state index is 0.0481. The molecule has 0 radical (unpaired) electrons. The third-order valence-corrected chi connectivity index (χ3v) is 4.12. The molecule has 0 aromatic carbocycles. The summed E-state index contributed by atoms with van der Waals surface area (Å²) in [5.74, 6) is 0.0834. The summed E-state index contributed by atoms with van der Waals surface area (Å²) in [7, 11) is 1.91. The molecule has 122 valence electrons. The number of carbonyl (C=O) groups excluding carboxylic acids is 1. The van der Waals surface area contributed by atoms with Gasteiger partial charge >= 0.3 is 0 Å². The monoisotopic (exact) mass is 314 g/mol. The lowest BCUT2D eigenvalue weighted by Gasteiger charge is -2.25. The normalized spacial score (nSPS) is 17.4. The van der Waals surface area contributed by atoms with Crippen LogP contribution in [0, 0.1) is 12.8 Å². The summed E-state index contributed by atoms with van der Waals surface area (Å²) in [4.78, 5) is 19.1. The number of aromatic nitrogens is 3. The number of hydrogen-bond acceptors (Lipinski definition) is 4. The third-order valence-electron chi connectivity index (χ3n) is 4.12. The van der Waals surface area contributed by atoms with Crippen LogP contribution in [0.15, 0.2) is 30.5 Å². The average Bonchev–Trinajstić information content (AvgIpc) is 3.17. The van der Waals surface area contributed by atoms with Crippen LogP contribution in [-0.2, 0) is 29.7 Å². The molecule has 6 heteroatoms. The van der Waals surface area contributed by atoms with Gasteiger partial charge in [-0.3, -0.25) is 14.5 Å². The van der Waals surface area contributed by atoms with Gasteiger partial charge in [0.1, 0.15) is 0 Å². The number of rotatable bonds is 5. The molecule has 1 amide bonds. The SMILES string of the molecule is Cc1cc(CN(Cc2ccccn2)C(=O)[C@@H]2CCOC2)n(C)n1. The summed E-state index contributed by atoms with van der Waals surface area (Å²) in [6.45, 7) is 4.17. The van der Waals surface area contributed by atoms with Crippen LogP contribution in [0.1, 0.15) is 23.5 Å². The Balaban J connectivity index is 1.80. The van der Waals surface area contributed by atoms with Crippen LogP contribution in [-0.4, -0.2) is 38.8 Å². The second-order valence-electron chi connectivity index (χ2n) is 5.98. The number of ether oxygens (including phenoxy) is 1. The Labute approximate surface area is 136 Å². The van der Waals surface area contributed by atoms with Crippen molar-refractivity contribution in [2.75, 3.05) is 13.2 Å². The van der Waals surface area contributed by atoms with Crippen LogP contribution >= 0.6 is 0 Å². The van der Waals surface area contributed by atoms with Gasteiger partial charge in [0.2, 0.25) is 5.91 Å². The molecule has 0 unspecified atom stereocenters. The van der Waals surface area contributed by atoms with Crippen molar-refractivity contribution in [1.82, 2.24) is 19.7 Å². The number of aryl methyl sites for hydroxylation is 2. The topological polar surface area (TPSA) is 60.3 Å². The number of amides is 1. The highest BCUT2D eigenvalue weighted by Gasteiger charge is 2.28. The van der Waals surface area contributed by atoms with Gasteiger partial charge in [0.05, 0.1) is 42.7 Å². The van der Waals surface area contributed by atoms with Crippen LogP contribution in [0.2, 0.25) is 0 Å². The first-order valence-electron chi connectivity index (χ1n) is 7.89. The Morgan fingerprint density at radius 2 is 2.30 bits per heavy atom. The maximum Gasteiger partial charge on any atom is 0.228 e. The van der Waals surface area contributed by atoms with Crippen LogP contribution in [0.3, 0.4) is 0 Å². The molecule has 1 atom stereocenters. The van der Waals surface area contributed by atoms with Gasteiger partial charge < -0.3 is 9.64 Å². The van der Waals surface area contributed by atoms with Crippen molar-refractivity contribution >= 4 is 5.91 Å². The smallest absolute Gasteiger partial charge is 0.228 e. The Bertz CT molecular complexity index is 662.